The van der Waals surface area contributed by atoms with Crippen molar-refractivity contribution in [3.8, 4) is 5.75 Å². The number of amides is 1. The summed E-state index contributed by atoms with van der Waals surface area (Å²) in [5, 5.41) is 11.7. The number of carbonyl (C=O) groups is 2. The summed E-state index contributed by atoms with van der Waals surface area (Å²) in [5.41, 5.74) is 3.77. The summed E-state index contributed by atoms with van der Waals surface area (Å²) in [6.45, 7) is 3.84. The van der Waals surface area contributed by atoms with E-state index in [0.717, 1.165) is 25.8 Å². The SMILES string of the molecule is COc1ccc(C(O)=C2C(=O)C(=O)N(c3nc4ccc(C)cc4s3)[C@@H]2c2ccc(Br)cc2)cc1C. The normalized spacial score (nSPS) is 17.4. The maximum atomic E-state index is 13.4. The van der Waals surface area contributed by atoms with Gasteiger partial charge in [0.2, 0.25) is 0 Å². The van der Waals surface area contributed by atoms with Crippen LogP contribution in [-0.4, -0.2) is 28.9 Å². The molecule has 0 saturated carbocycles. The summed E-state index contributed by atoms with van der Waals surface area (Å²) in [7, 11) is 1.57. The van der Waals surface area contributed by atoms with Gasteiger partial charge < -0.3 is 9.84 Å². The number of carbonyl (C=O) groups excluding carboxylic acids is 2. The number of aliphatic hydroxyl groups is 1. The third-order valence-corrected chi connectivity index (χ3v) is 7.58. The van der Waals surface area contributed by atoms with Crippen LogP contribution in [0.1, 0.15) is 28.3 Å². The molecule has 1 amide bonds. The first-order valence-corrected chi connectivity index (χ1v) is 12.5. The predicted octanol–water partition coefficient (Wildman–Crippen LogP) is 6.31. The zero-order valence-electron chi connectivity index (χ0n) is 19.2. The fourth-order valence-corrected chi connectivity index (χ4v) is 5.65. The first-order valence-electron chi connectivity index (χ1n) is 10.9. The fraction of sp³-hybridized carbons (Fsp3) is 0.148. The Morgan fingerprint density at radius 3 is 2.49 bits per heavy atom. The van der Waals surface area contributed by atoms with Crippen molar-refractivity contribution in [2.24, 2.45) is 0 Å². The summed E-state index contributed by atoms with van der Waals surface area (Å²) < 4.78 is 7.10. The van der Waals surface area contributed by atoms with Crippen LogP contribution in [0.25, 0.3) is 16.0 Å². The molecule has 3 aromatic carbocycles. The molecule has 5 rings (SSSR count). The molecule has 1 saturated heterocycles. The van der Waals surface area contributed by atoms with E-state index in [1.807, 2.05) is 56.3 Å². The highest BCUT2D eigenvalue weighted by atomic mass is 79.9. The molecule has 0 spiro atoms. The van der Waals surface area contributed by atoms with Crippen molar-refractivity contribution in [3.05, 3.63) is 93.0 Å². The second-order valence-electron chi connectivity index (χ2n) is 8.37. The first kappa shape index (κ1) is 23.3. The van der Waals surface area contributed by atoms with Crippen LogP contribution in [0, 0.1) is 13.8 Å². The third-order valence-electron chi connectivity index (χ3n) is 6.04. The number of ketones is 1. The second kappa shape index (κ2) is 8.94. The molecule has 1 aliphatic rings. The van der Waals surface area contributed by atoms with Crippen LogP contribution in [0.15, 0.2) is 70.7 Å². The lowest BCUT2D eigenvalue weighted by atomic mass is 9.95. The number of thiazole rings is 1. The molecule has 2 heterocycles. The van der Waals surface area contributed by atoms with Gasteiger partial charge in [-0.2, -0.15) is 0 Å². The van der Waals surface area contributed by atoms with Crippen molar-refractivity contribution in [3.63, 3.8) is 0 Å². The number of benzene rings is 3. The quantitative estimate of drug-likeness (QED) is 0.183. The number of hydrogen-bond donors (Lipinski definition) is 1. The van der Waals surface area contributed by atoms with Crippen LogP contribution in [0.5, 0.6) is 5.75 Å². The van der Waals surface area contributed by atoms with Gasteiger partial charge in [-0.1, -0.05) is 45.5 Å². The number of halogens is 1. The first-order chi connectivity index (χ1) is 16.8. The molecule has 0 aliphatic carbocycles. The average Bonchev–Trinajstić information content (AvgIpc) is 3.37. The van der Waals surface area contributed by atoms with E-state index >= 15 is 0 Å². The van der Waals surface area contributed by atoms with Crippen LogP contribution in [-0.2, 0) is 9.59 Å². The van der Waals surface area contributed by atoms with Gasteiger partial charge in [0.15, 0.2) is 5.13 Å². The van der Waals surface area contributed by atoms with Gasteiger partial charge in [0, 0.05) is 10.0 Å². The number of hydrogen-bond acceptors (Lipinski definition) is 6. The average molecular weight is 549 g/mol. The van der Waals surface area contributed by atoms with Gasteiger partial charge >= 0.3 is 5.91 Å². The largest absolute Gasteiger partial charge is 0.507 e. The van der Waals surface area contributed by atoms with E-state index in [-0.39, 0.29) is 11.3 Å². The number of ether oxygens (including phenoxy) is 1. The molecule has 35 heavy (non-hydrogen) atoms. The summed E-state index contributed by atoms with van der Waals surface area (Å²) >= 11 is 4.78. The van der Waals surface area contributed by atoms with Gasteiger partial charge in [0.05, 0.1) is 28.9 Å². The zero-order valence-corrected chi connectivity index (χ0v) is 21.6. The van der Waals surface area contributed by atoms with Gasteiger partial charge in [0.1, 0.15) is 11.5 Å². The molecule has 1 aromatic heterocycles. The molecule has 176 valence electrons. The van der Waals surface area contributed by atoms with Crippen molar-refractivity contribution in [2.45, 2.75) is 19.9 Å². The van der Waals surface area contributed by atoms with Gasteiger partial charge in [-0.05, 0) is 73.0 Å². The van der Waals surface area contributed by atoms with Crippen molar-refractivity contribution >= 4 is 60.1 Å². The maximum Gasteiger partial charge on any atom is 0.301 e. The summed E-state index contributed by atoms with van der Waals surface area (Å²) in [6.07, 6.45) is 0. The Morgan fingerprint density at radius 2 is 1.80 bits per heavy atom. The summed E-state index contributed by atoms with van der Waals surface area (Å²) in [6, 6.07) is 17.5. The Morgan fingerprint density at radius 1 is 1.06 bits per heavy atom. The molecule has 0 radical (unpaired) electrons. The van der Waals surface area contributed by atoms with Crippen molar-refractivity contribution in [1.82, 2.24) is 4.98 Å². The Bertz CT molecular complexity index is 1520. The Labute approximate surface area is 214 Å². The molecular formula is C27H21BrN2O4S. The van der Waals surface area contributed by atoms with E-state index in [9.17, 15) is 14.7 Å². The molecule has 1 N–H and O–H groups in total. The van der Waals surface area contributed by atoms with E-state index in [4.69, 9.17) is 4.74 Å². The Hall–Kier alpha value is -3.49. The highest BCUT2D eigenvalue weighted by molar-refractivity contribution is 9.10. The smallest absolute Gasteiger partial charge is 0.301 e. The van der Waals surface area contributed by atoms with Crippen LogP contribution in [0.4, 0.5) is 5.13 Å². The van der Waals surface area contributed by atoms with Gasteiger partial charge in [-0.15, -0.1) is 0 Å². The number of aromatic nitrogens is 1. The molecule has 6 nitrogen and oxygen atoms in total. The van der Waals surface area contributed by atoms with Crippen LogP contribution in [0.3, 0.4) is 0 Å². The van der Waals surface area contributed by atoms with E-state index in [2.05, 4.69) is 20.9 Å². The lowest BCUT2D eigenvalue weighted by molar-refractivity contribution is -0.132. The Kier molecular flexibility index (Phi) is 5.94. The fourth-order valence-electron chi connectivity index (χ4n) is 4.29. The van der Waals surface area contributed by atoms with E-state index in [0.29, 0.717) is 22.0 Å². The summed E-state index contributed by atoms with van der Waals surface area (Å²) in [5.74, 6) is -1.04. The number of fused-ring (bicyclic) bond motifs is 1. The van der Waals surface area contributed by atoms with Crippen molar-refractivity contribution < 1.29 is 19.4 Å². The zero-order chi connectivity index (χ0) is 24.9. The van der Waals surface area contributed by atoms with E-state index in [1.165, 1.54) is 16.2 Å². The topological polar surface area (TPSA) is 79.7 Å². The maximum absolute atomic E-state index is 13.4. The van der Waals surface area contributed by atoms with Crippen LogP contribution >= 0.6 is 27.3 Å². The molecule has 1 aliphatic heterocycles. The molecular weight excluding hydrogens is 528 g/mol. The van der Waals surface area contributed by atoms with E-state index in [1.54, 1.807) is 25.3 Å². The van der Waals surface area contributed by atoms with E-state index < -0.39 is 17.7 Å². The molecule has 8 heteroatoms. The Balaban J connectivity index is 1.72. The number of rotatable bonds is 4. The van der Waals surface area contributed by atoms with Crippen LogP contribution < -0.4 is 9.64 Å². The van der Waals surface area contributed by atoms with Crippen molar-refractivity contribution in [1.29, 1.82) is 0 Å². The number of anilines is 1. The molecule has 1 fully saturated rings. The molecule has 0 bridgehead atoms. The number of aryl methyl sites for hydroxylation is 2. The van der Waals surface area contributed by atoms with Gasteiger partial charge in [-0.3, -0.25) is 14.5 Å². The second-order valence-corrected chi connectivity index (χ2v) is 10.3. The molecule has 0 unspecified atom stereocenters. The third kappa shape index (κ3) is 4.02. The minimum Gasteiger partial charge on any atom is -0.507 e. The van der Waals surface area contributed by atoms with Crippen LogP contribution in [0.2, 0.25) is 0 Å². The molecule has 4 aromatic rings. The standard InChI is InChI=1S/C27H21BrN2O4S/c1-14-4-10-19-21(12-14)35-27(29-19)30-23(16-5-8-18(28)9-6-16)22(25(32)26(30)33)24(31)17-7-11-20(34-3)15(2)13-17/h4-13,23,31H,1-3H3/t23-/m1/s1. The lowest BCUT2D eigenvalue weighted by Gasteiger charge is -2.23. The minimum absolute atomic E-state index is 0.0253. The van der Waals surface area contributed by atoms with Crippen molar-refractivity contribution in [2.75, 3.05) is 12.0 Å². The van der Waals surface area contributed by atoms with Gasteiger partial charge in [0.25, 0.3) is 5.78 Å². The van der Waals surface area contributed by atoms with Gasteiger partial charge in [-0.25, -0.2) is 4.98 Å². The number of aliphatic hydroxyl groups excluding tert-OH is 1. The predicted molar refractivity (Wildman–Crippen MR) is 141 cm³/mol. The highest BCUT2D eigenvalue weighted by Gasteiger charge is 2.48. The number of nitrogens with zero attached hydrogens (tertiary/aromatic N) is 2. The minimum atomic E-state index is -0.827. The lowest BCUT2D eigenvalue weighted by Crippen LogP contribution is -2.29. The number of methoxy groups -OCH3 is 1. The molecule has 1 atom stereocenters. The number of Topliss-reactive ketones (excluding diaryl/α,β-unsaturated/α-hetero) is 1. The monoisotopic (exact) mass is 548 g/mol. The highest BCUT2D eigenvalue weighted by Crippen LogP contribution is 2.44. The summed E-state index contributed by atoms with van der Waals surface area (Å²) in [4.78, 5) is 32.8.